The number of aliphatic imine (C=N–C) groups is 1. The lowest BCUT2D eigenvalue weighted by molar-refractivity contribution is -0.148. The maximum atomic E-state index is 11.9. The Morgan fingerprint density at radius 3 is 2.46 bits per heavy atom. The SMILES string of the molecule is CCCCN=C(C)SCC(=O)Nc1ccc(CC(=O)C(=O)O)cc1. The molecule has 0 saturated heterocycles. The van der Waals surface area contributed by atoms with Crippen LogP contribution in [0.5, 0.6) is 0 Å². The molecule has 24 heavy (non-hydrogen) atoms. The summed E-state index contributed by atoms with van der Waals surface area (Å²) in [4.78, 5) is 37.9. The number of Topliss-reactive ketones (excluding diaryl/α,β-unsaturated/α-hetero) is 1. The van der Waals surface area contributed by atoms with Crippen molar-refractivity contribution in [1.29, 1.82) is 0 Å². The van der Waals surface area contributed by atoms with Gasteiger partial charge in [0.05, 0.1) is 10.8 Å². The number of amides is 1. The van der Waals surface area contributed by atoms with Crippen LogP contribution in [0.3, 0.4) is 0 Å². The van der Waals surface area contributed by atoms with Crippen molar-refractivity contribution < 1.29 is 19.5 Å². The second-order valence-corrected chi connectivity index (χ2v) is 6.36. The van der Waals surface area contributed by atoms with E-state index in [2.05, 4.69) is 17.2 Å². The van der Waals surface area contributed by atoms with Crippen molar-refractivity contribution in [2.75, 3.05) is 17.6 Å². The Morgan fingerprint density at radius 2 is 1.88 bits per heavy atom. The van der Waals surface area contributed by atoms with Gasteiger partial charge in [0.15, 0.2) is 0 Å². The summed E-state index contributed by atoms with van der Waals surface area (Å²) in [5.74, 6) is -2.17. The maximum absolute atomic E-state index is 11.9. The van der Waals surface area contributed by atoms with Crippen molar-refractivity contribution in [3.05, 3.63) is 29.8 Å². The van der Waals surface area contributed by atoms with Crippen molar-refractivity contribution in [2.24, 2.45) is 4.99 Å². The minimum absolute atomic E-state index is 0.139. The average Bonchev–Trinajstić information content (AvgIpc) is 2.55. The summed E-state index contributed by atoms with van der Waals surface area (Å²) in [5, 5.41) is 12.2. The molecule has 0 fully saturated rings. The molecule has 0 atom stereocenters. The predicted molar refractivity (Wildman–Crippen MR) is 96.8 cm³/mol. The molecule has 0 aromatic heterocycles. The number of benzene rings is 1. The number of carbonyl (C=O) groups excluding carboxylic acids is 2. The number of thioether (sulfide) groups is 1. The number of carbonyl (C=O) groups is 3. The Balaban J connectivity index is 2.43. The molecule has 1 rings (SSSR count). The van der Waals surface area contributed by atoms with E-state index in [1.54, 1.807) is 24.3 Å². The quantitative estimate of drug-likeness (QED) is 0.309. The molecule has 0 bridgehead atoms. The highest BCUT2D eigenvalue weighted by Crippen LogP contribution is 2.12. The zero-order chi connectivity index (χ0) is 17.9. The van der Waals surface area contributed by atoms with Gasteiger partial charge in [0.1, 0.15) is 0 Å². The average molecular weight is 350 g/mol. The number of ketones is 1. The molecule has 2 N–H and O–H groups in total. The number of aliphatic carboxylic acids is 1. The third kappa shape index (κ3) is 7.92. The van der Waals surface area contributed by atoms with Gasteiger partial charge in [-0.15, -0.1) is 11.8 Å². The van der Waals surface area contributed by atoms with Crippen molar-refractivity contribution in [3.8, 4) is 0 Å². The molecule has 0 aliphatic heterocycles. The van der Waals surface area contributed by atoms with E-state index in [0.29, 0.717) is 11.3 Å². The van der Waals surface area contributed by atoms with E-state index in [9.17, 15) is 14.4 Å². The predicted octanol–water partition coefficient (Wildman–Crippen LogP) is 2.77. The molecule has 0 unspecified atom stereocenters. The Bertz CT molecular complexity index is 612. The first-order valence-corrected chi connectivity index (χ1v) is 8.69. The minimum atomic E-state index is -1.44. The Kier molecular flexibility index (Phi) is 8.78. The molecule has 6 nitrogen and oxygen atoms in total. The fourth-order valence-corrected chi connectivity index (χ4v) is 2.37. The van der Waals surface area contributed by atoms with Gasteiger partial charge in [0.2, 0.25) is 11.7 Å². The van der Waals surface area contributed by atoms with E-state index >= 15 is 0 Å². The third-order valence-corrected chi connectivity index (χ3v) is 4.05. The molecule has 1 aromatic rings. The van der Waals surface area contributed by atoms with Gasteiger partial charge in [-0.25, -0.2) is 4.79 Å². The van der Waals surface area contributed by atoms with E-state index in [-0.39, 0.29) is 18.1 Å². The van der Waals surface area contributed by atoms with Crippen molar-refractivity contribution in [3.63, 3.8) is 0 Å². The first-order valence-electron chi connectivity index (χ1n) is 7.71. The molecular formula is C17H22N2O4S. The molecule has 1 aromatic carbocycles. The molecule has 0 aliphatic carbocycles. The van der Waals surface area contributed by atoms with Crippen LogP contribution in [0.1, 0.15) is 32.3 Å². The number of nitrogens with zero attached hydrogens (tertiary/aromatic N) is 1. The normalized spacial score (nSPS) is 11.2. The molecule has 0 heterocycles. The zero-order valence-electron chi connectivity index (χ0n) is 13.9. The van der Waals surface area contributed by atoms with Crippen LogP contribution < -0.4 is 5.32 Å². The smallest absolute Gasteiger partial charge is 0.372 e. The Morgan fingerprint density at radius 1 is 1.21 bits per heavy atom. The summed E-state index contributed by atoms with van der Waals surface area (Å²) in [7, 11) is 0. The van der Waals surface area contributed by atoms with Gasteiger partial charge in [-0.3, -0.25) is 14.6 Å². The second-order valence-electron chi connectivity index (χ2n) is 5.19. The van der Waals surface area contributed by atoms with Crippen LogP contribution in [-0.2, 0) is 20.8 Å². The summed E-state index contributed by atoms with van der Waals surface area (Å²) in [5.41, 5.74) is 1.20. The molecule has 0 aliphatic rings. The topological polar surface area (TPSA) is 95.8 Å². The highest BCUT2D eigenvalue weighted by atomic mass is 32.2. The van der Waals surface area contributed by atoms with Gasteiger partial charge >= 0.3 is 5.97 Å². The van der Waals surface area contributed by atoms with Gasteiger partial charge in [-0.2, -0.15) is 0 Å². The van der Waals surface area contributed by atoms with Gasteiger partial charge in [-0.05, 0) is 31.0 Å². The number of carboxylic acid groups (broad SMARTS) is 1. The van der Waals surface area contributed by atoms with Crippen molar-refractivity contribution in [2.45, 2.75) is 33.1 Å². The number of rotatable bonds is 9. The molecule has 1 amide bonds. The first kappa shape index (κ1) is 19.9. The number of hydrogen-bond donors (Lipinski definition) is 2. The highest BCUT2D eigenvalue weighted by Gasteiger charge is 2.12. The highest BCUT2D eigenvalue weighted by molar-refractivity contribution is 8.14. The molecule has 130 valence electrons. The molecule has 0 saturated carbocycles. The number of anilines is 1. The molecule has 7 heteroatoms. The zero-order valence-corrected chi connectivity index (χ0v) is 14.7. The van der Waals surface area contributed by atoms with E-state index in [1.165, 1.54) is 11.8 Å². The van der Waals surface area contributed by atoms with Crippen molar-refractivity contribution >= 4 is 40.2 Å². The van der Waals surface area contributed by atoms with Gasteiger partial charge in [0, 0.05) is 18.7 Å². The Labute approximate surface area is 145 Å². The van der Waals surface area contributed by atoms with E-state index in [1.807, 2.05) is 6.92 Å². The van der Waals surface area contributed by atoms with Crippen LogP contribution >= 0.6 is 11.8 Å². The lowest BCUT2D eigenvalue weighted by atomic mass is 10.1. The monoisotopic (exact) mass is 350 g/mol. The number of nitrogens with one attached hydrogen (secondary N) is 1. The minimum Gasteiger partial charge on any atom is -0.475 e. The molecule has 0 radical (unpaired) electrons. The summed E-state index contributed by atoms with van der Waals surface area (Å²) in [6.45, 7) is 4.78. The van der Waals surface area contributed by atoms with Crippen LogP contribution in [0.25, 0.3) is 0 Å². The summed E-state index contributed by atoms with van der Waals surface area (Å²) in [6, 6.07) is 6.55. The second kappa shape index (κ2) is 10.6. The number of unbranched alkanes of at least 4 members (excludes halogenated alkanes) is 1. The van der Waals surface area contributed by atoms with Gasteiger partial charge in [0.25, 0.3) is 0 Å². The van der Waals surface area contributed by atoms with E-state index in [4.69, 9.17) is 5.11 Å². The summed E-state index contributed by atoms with van der Waals surface area (Å²) >= 11 is 1.40. The van der Waals surface area contributed by atoms with Gasteiger partial charge < -0.3 is 10.4 Å². The van der Waals surface area contributed by atoms with Crippen LogP contribution in [0.2, 0.25) is 0 Å². The number of hydrogen-bond acceptors (Lipinski definition) is 5. The number of carboxylic acids is 1. The molecule has 0 spiro atoms. The first-order chi connectivity index (χ1) is 11.4. The standard InChI is InChI=1S/C17H22N2O4S/c1-3-4-9-18-12(2)24-11-16(21)19-14-7-5-13(6-8-14)10-15(20)17(22)23/h5-8H,3-4,9-11H2,1-2H3,(H,19,21)(H,22,23). The maximum Gasteiger partial charge on any atom is 0.372 e. The largest absolute Gasteiger partial charge is 0.475 e. The fourth-order valence-electron chi connectivity index (χ4n) is 1.77. The van der Waals surface area contributed by atoms with E-state index < -0.39 is 11.8 Å². The van der Waals surface area contributed by atoms with Crippen LogP contribution in [-0.4, -0.2) is 40.1 Å². The van der Waals surface area contributed by atoms with E-state index in [0.717, 1.165) is 24.4 Å². The summed E-state index contributed by atoms with van der Waals surface area (Å²) < 4.78 is 0. The third-order valence-electron chi connectivity index (χ3n) is 3.10. The lowest BCUT2D eigenvalue weighted by Crippen LogP contribution is -2.16. The van der Waals surface area contributed by atoms with Crippen LogP contribution in [0.15, 0.2) is 29.3 Å². The lowest BCUT2D eigenvalue weighted by Gasteiger charge is -2.06. The van der Waals surface area contributed by atoms with Crippen LogP contribution in [0.4, 0.5) is 5.69 Å². The van der Waals surface area contributed by atoms with Gasteiger partial charge in [-0.1, -0.05) is 25.5 Å². The Hall–Kier alpha value is -2.15. The summed E-state index contributed by atoms with van der Waals surface area (Å²) in [6.07, 6.45) is 1.98. The fraction of sp³-hybridized carbons (Fsp3) is 0.412. The van der Waals surface area contributed by atoms with Crippen LogP contribution in [0, 0.1) is 0 Å². The molecular weight excluding hydrogens is 328 g/mol. The van der Waals surface area contributed by atoms with Crippen molar-refractivity contribution in [1.82, 2.24) is 0 Å².